The van der Waals surface area contributed by atoms with Gasteiger partial charge in [-0.1, -0.05) is 18.2 Å². The van der Waals surface area contributed by atoms with E-state index >= 15 is 0 Å². The van der Waals surface area contributed by atoms with Crippen molar-refractivity contribution in [2.24, 2.45) is 0 Å². The molecule has 0 aliphatic carbocycles. The first-order valence-corrected chi connectivity index (χ1v) is 5.88. The summed E-state index contributed by atoms with van der Waals surface area (Å²) in [6, 6.07) is 6.02. The van der Waals surface area contributed by atoms with Crippen LogP contribution in [-0.2, 0) is 15.1 Å². The molecule has 0 amide bonds. The third kappa shape index (κ3) is 2.11. The highest BCUT2D eigenvalue weighted by Crippen LogP contribution is 2.31. The van der Waals surface area contributed by atoms with Crippen LogP contribution in [0.5, 0.6) is 0 Å². The molecule has 1 heterocycles. The zero-order chi connectivity index (χ0) is 13.2. The van der Waals surface area contributed by atoms with Gasteiger partial charge < -0.3 is 9.84 Å². The van der Waals surface area contributed by atoms with E-state index in [2.05, 4.69) is 0 Å². The molecule has 5 heteroatoms. The van der Waals surface area contributed by atoms with Gasteiger partial charge in [-0.15, -0.1) is 0 Å². The van der Waals surface area contributed by atoms with Crippen LogP contribution >= 0.6 is 0 Å². The number of carbonyl (C=O) groups is 1. The Balaban J connectivity index is 2.43. The first-order valence-electron chi connectivity index (χ1n) is 5.88. The largest absolute Gasteiger partial charge is 0.480 e. The minimum atomic E-state index is -1.35. The molecule has 4 nitrogen and oxygen atoms in total. The van der Waals surface area contributed by atoms with Crippen molar-refractivity contribution in [1.29, 1.82) is 0 Å². The molecule has 1 atom stereocenters. The molecule has 0 radical (unpaired) electrons. The molecule has 98 valence electrons. The van der Waals surface area contributed by atoms with Gasteiger partial charge in [0.25, 0.3) is 0 Å². The Morgan fingerprint density at radius 1 is 1.39 bits per heavy atom. The molecule has 0 bridgehead atoms. The third-order valence-corrected chi connectivity index (χ3v) is 3.46. The maximum atomic E-state index is 13.9. The highest BCUT2D eigenvalue weighted by atomic mass is 19.1. The molecule has 1 unspecified atom stereocenters. The fourth-order valence-electron chi connectivity index (χ4n) is 2.29. The Morgan fingerprint density at radius 3 is 2.56 bits per heavy atom. The minimum absolute atomic E-state index is 0.194. The van der Waals surface area contributed by atoms with Crippen molar-refractivity contribution in [3.05, 3.63) is 35.6 Å². The summed E-state index contributed by atoms with van der Waals surface area (Å²) < 4.78 is 19.1. The topological polar surface area (TPSA) is 49.8 Å². The summed E-state index contributed by atoms with van der Waals surface area (Å²) in [6.07, 6.45) is 0. The summed E-state index contributed by atoms with van der Waals surface area (Å²) in [7, 11) is 0. The first-order chi connectivity index (χ1) is 8.56. The number of aliphatic carboxylic acids is 1. The van der Waals surface area contributed by atoms with E-state index in [1.807, 2.05) is 0 Å². The first kappa shape index (κ1) is 13.0. The van der Waals surface area contributed by atoms with Gasteiger partial charge >= 0.3 is 5.97 Å². The third-order valence-electron chi connectivity index (χ3n) is 3.46. The van der Waals surface area contributed by atoms with Crippen molar-refractivity contribution in [2.75, 3.05) is 26.3 Å². The zero-order valence-electron chi connectivity index (χ0n) is 10.2. The monoisotopic (exact) mass is 253 g/mol. The average molecular weight is 253 g/mol. The molecule has 1 aromatic carbocycles. The minimum Gasteiger partial charge on any atom is -0.480 e. The van der Waals surface area contributed by atoms with Gasteiger partial charge in [0.1, 0.15) is 11.4 Å². The summed E-state index contributed by atoms with van der Waals surface area (Å²) in [6.45, 7) is 3.45. The van der Waals surface area contributed by atoms with Crippen molar-refractivity contribution < 1.29 is 19.0 Å². The second kappa shape index (κ2) is 5.04. The van der Waals surface area contributed by atoms with Crippen molar-refractivity contribution in [3.8, 4) is 0 Å². The Kier molecular flexibility index (Phi) is 3.63. The number of ether oxygens (including phenoxy) is 1. The maximum absolute atomic E-state index is 13.9. The number of halogens is 1. The lowest BCUT2D eigenvalue weighted by Crippen LogP contribution is -2.54. The number of hydrogen-bond donors (Lipinski definition) is 1. The van der Waals surface area contributed by atoms with Crippen LogP contribution in [0.15, 0.2) is 24.3 Å². The lowest BCUT2D eigenvalue weighted by atomic mass is 9.89. The van der Waals surface area contributed by atoms with E-state index < -0.39 is 17.3 Å². The number of rotatable bonds is 3. The maximum Gasteiger partial charge on any atom is 0.328 e. The Morgan fingerprint density at radius 2 is 2.00 bits per heavy atom. The molecule has 1 aromatic rings. The predicted octanol–water partition coefficient (Wildman–Crippen LogP) is 1.46. The number of morpholine rings is 1. The molecular formula is C13H16FNO3. The summed E-state index contributed by atoms with van der Waals surface area (Å²) in [4.78, 5) is 13.4. The molecule has 1 N–H and O–H groups in total. The van der Waals surface area contributed by atoms with E-state index in [4.69, 9.17) is 4.74 Å². The normalized spacial score (nSPS) is 20.3. The molecule has 1 aliphatic heterocycles. The highest BCUT2D eigenvalue weighted by molar-refractivity contribution is 5.80. The number of nitrogens with zero attached hydrogens (tertiary/aromatic N) is 1. The number of carboxylic acid groups (broad SMARTS) is 1. The van der Waals surface area contributed by atoms with E-state index in [-0.39, 0.29) is 5.56 Å². The van der Waals surface area contributed by atoms with Gasteiger partial charge in [-0.05, 0) is 13.0 Å². The second-order valence-electron chi connectivity index (χ2n) is 4.46. The van der Waals surface area contributed by atoms with Crippen LogP contribution in [0.3, 0.4) is 0 Å². The summed E-state index contributed by atoms with van der Waals surface area (Å²) in [5, 5.41) is 9.51. The van der Waals surface area contributed by atoms with E-state index in [9.17, 15) is 14.3 Å². The van der Waals surface area contributed by atoms with Gasteiger partial charge in [0.15, 0.2) is 0 Å². The van der Waals surface area contributed by atoms with Gasteiger partial charge in [0, 0.05) is 18.7 Å². The van der Waals surface area contributed by atoms with Gasteiger partial charge in [-0.3, -0.25) is 4.90 Å². The van der Waals surface area contributed by atoms with Crippen molar-refractivity contribution >= 4 is 5.97 Å². The fraction of sp³-hybridized carbons (Fsp3) is 0.462. The van der Waals surface area contributed by atoms with Gasteiger partial charge in [0.05, 0.1) is 13.2 Å². The number of benzene rings is 1. The van der Waals surface area contributed by atoms with Gasteiger partial charge in [-0.2, -0.15) is 0 Å². The van der Waals surface area contributed by atoms with Crippen molar-refractivity contribution in [2.45, 2.75) is 12.5 Å². The van der Waals surface area contributed by atoms with Crippen LogP contribution in [0, 0.1) is 5.82 Å². The number of hydrogen-bond acceptors (Lipinski definition) is 3. The average Bonchev–Trinajstić information content (AvgIpc) is 2.39. The quantitative estimate of drug-likeness (QED) is 0.886. The molecule has 0 spiro atoms. The molecule has 1 saturated heterocycles. The lowest BCUT2D eigenvalue weighted by Gasteiger charge is -2.40. The zero-order valence-corrected chi connectivity index (χ0v) is 10.2. The van der Waals surface area contributed by atoms with E-state index in [1.54, 1.807) is 24.0 Å². The van der Waals surface area contributed by atoms with Crippen LogP contribution < -0.4 is 0 Å². The second-order valence-corrected chi connectivity index (χ2v) is 4.46. The molecular weight excluding hydrogens is 237 g/mol. The van der Waals surface area contributed by atoms with Crippen molar-refractivity contribution in [1.82, 2.24) is 4.90 Å². The SMILES string of the molecule is CC(C(=O)O)(c1ccccc1F)N1CCOCC1. The summed E-state index contributed by atoms with van der Waals surface area (Å²) in [5.41, 5.74) is -1.16. The Hall–Kier alpha value is -1.46. The summed E-state index contributed by atoms with van der Waals surface area (Å²) >= 11 is 0. The number of carboxylic acids is 1. The summed E-state index contributed by atoms with van der Waals surface area (Å²) in [5.74, 6) is -1.54. The van der Waals surface area contributed by atoms with Crippen LogP contribution in [0.2, 0.25) is 0 Å². The highest BCUT2D eigenvalue weighted by Gasteiger charge is 2.43. The van der Waals surface area contributed by atoms with Crippen LogP contribution in [0.25, 0.3) is 0 Å². The van der Waals surface area contributed by atoms with E-state index in [0.717, 1.165) is 0 Å². The Labute approximate surface area is 105 Å². The van der Waals surface area contributed by atoms with Crippen LogP contribution in [-0.4, -0.2) is 42.3 Å². The predicted molar refractivity (Wildman–Crippen MR) is 63.8 cm³/mol. The smallest absolute Gasteiger partial charge is 0.328 e. The molecule has 18 heavy (non-hydrogen) atoms. The molecule has 1 aliphatic rings. The van der Waals surface area contributed by atoms with E-state index in [0.29, 0.717) is 26.3 Å². The van der Waals surface area contributed by atoms with Crippen LogP contribution in [0.4, 0.5) is 4.39 Å². The fourth-order valence-corrected chi connectivity index (χ4v) is 2.29. The van der Waals surface area contributed by atoms with Crippen molar-refractivity contribution in [3.63, 3.8) is 0 Å². The van der Waals surface area contributed by atoms with Crippen LogP contribution in [0.1, 0.15) is 12.5 Å². The molecule has 1 fully saturated rings. The van der Waals surface area contributed by atoms with Gasteiger partial charge in [0.2, 0.25) is 0 Å². The Bertz CT molecular complexity index is 446. The van der Waals surface area contributed by atoms with E-state index in [1.165, 1.54) is 12.1 Å². The van der Waals surface area contributed by atoms with Gasteiger partial charge in [-0.25, -0.2) is 9.18 Å². The standard InChI is InChI=1S/C13H16FNO3/c1-13(12(16)17,15-6-8-18-9-7-15)10-4-2-3-5-11(10)14/h2-5H,6-9H2,1H3,(H,16,17). The molecule has 0 aromatic heterocycles. The molecule has 0 saturated carbocycles. The molecule has 2 rings (SSSR count). The lowest BCUT2D eigenvalue weighted by molar-refractivity contribution is -0.154.